The van der Waals surface area contributed by atoms with Gasteiger partial charge in [0.15, 0.2) is 11.5 Å². The molecule has 2 aromatic rings. The van der Waals surface area contributed by atoms with Gasteiger partial charge < -0.3 is 15.2 Å². The second-order valence-electron chi connectivity index (χ2n) is 5.76. The number of amides is 2. The van der Waals surface area contributed by atoms with E-state index in [0.29, 0.717) is 12.2 Å². The minimum atomic E-state index is -4.54. The molecule has 3 N–H and O–H groups in total. The number of phenols is 1. The van der Waals surface area contributed by atoms with Crippen LogP contribution in [0, 0.1) is 0 Å². The molecule has 0 radical (unpaired) electrons. The molecule has 2 rings (SSSR count). The predicted octanol–water partition coefficient (Wildman–Crippen LogP) is 3.29. The molecule has 2 aromatic carbocycles. The van der Waals surface area contributed by atoms with Gasteiger partial charge in [0.25, 0.3) is 0 Å². The minimum Gasteiger partial charge on any atom is -0.504 e. The van der Waals surface area contributed by atoms with E-state index in [-0.39, 0.29) is 17.2 Å². The van der Waals surface area contributed by atoms with Gasteiger partial charge in [-0.1, -0.05) is 6.07 Å². The quantitative estimate of drug-likeness (QED) is 0.371. The van der Waals surface area contributed by atoms with Crippen molar-refractivity contribution in [1.82, 2.24) is 5.43 Å². The molecular formula is C19H18F3N3O4. The van der Waals surface area contributed by atoms with Crippen molar-refractivity contribution in [2.24, 2.45) is 5.10 Å². The van der Waals surface area contributed by atoms with E-state index in [1.165, 1.54) is 30.5 Å². The van der Waals surface area contributed by atoms with Gasteiger partial charge in [-0.25, -0.2) is 5.43 Å². The lowest BCUT2D eigenvalue weighted by molar-refractivity contribution is -0.137. The molecule has 0 bridgehead atoms. The summed E-state index contributed by atoms with van der Waals surface area (Å²) in [5.74, 6) is -1.34. The van der Waals surface area contributed by atoms with Gasteiger partial charge in [0.2, 0.25) is 11.8 Å². The molecule has 0 saturated heterocycles. The number of halogens is 3. The first-order chi connectivity index (χ1) is 13.7. The van der Waals surface area contributed by atoms with E-state index in [9.17, 15) is 27.9 Å². The minimum absolute atomic E-state index is 0.0423. The van der Waals surface area contributed by atoms with Gasteiger partial charge in [0.05, 0.1) is 18.4 Å². The van der Waals surface area contributed by atoms with Crippen LogP contribution in [0.3, 0.4) is 0 Å². The standard InChI is InChI=1S/C19H18F3N3O4/c1-2-29-16-8-12(6-7-15(16)26)11-23-25-18(28)10-17(27)24-14-5-3-4-13(9-14)19(20,21)22/h3-9,11,26H,2,10H2,1H3,(H,24,27)(H,25,28). The Morgan fingerprint density at radius 1 is 1.17 bits per heavy atom. The van der Waals surface area contributed by atoms with Crippen molar-refractivity contribution in [3.63, 3.8) is 0 Å². The molecule has 10 heteroatoms. The normalized spacial score (nSPS) is 11.3. The van der Waals surface area contributed by atoms with E-state index < -0.39 is 30.0 Å². The molecule has 7 nitrogen and oxygen atoms in total. The van der Waals surface area contributed by atoms with E-state index in [1.807, 2.05) is 0 Å². The molecule has 29 heavy (non-hydrogen) atoms. The fraction of sp³-hybridized carbons (Fsp3) is 0.211. The summed E-state index contributed by atoms with van der Waals surface area (Å²) in [7, 11) is 0. The zero-order valence-electron chi connectivity index (χ0n) is 15.3. The van der Waals surface area contributed by atoms with Crippen molar-refractivity contribution < 1.29 is 32.6 Å². The first-order valence-electron chi connectivity index (χ1n) is 8.44. The third-order valence-corrected chi connectivity index (χ3v) is 3.48. The highest BCUT2D eigenvalue weighted by atomic mass is 19.4. The molecule has 0 saturated carbocycles. The Labute approximate surface area is 164 Å². The smallest absolute Gasteiger partial charge is 0.416 e. The van der Waals surface area contributed by atoms with E-state index >= 15 is 0 Å². The lowest BCUT2D eigenvalue weighted by Crippen LogP contribution is -2.24. The number of alkyl halides is 3. The Bertz CT molecular complexity index is 914. The molecule has 0 aliphatic heterocycles. The lowest BCUT2D eigenvalue weighted by atomic mass is 10.2. The molecule has 0 aliphatic rings. The summed E-state index contributed by atoms with van der Waals surface area (Å²) < 4.78 is 43.2. The van der Waals surface area contributed by atoms with E-state index in [0.717, 1.165) is 18.2 Å². The number of rotatable bonds is 7. The Kier molecular flexibility index (Phi) is 7.18. The molecule has 0 aliphatic carbocycles. The number of hydrogen-bond acceptors (Lipinski definition) is 5. The summed E-state index contributed by atoms with van der Waals surface area (Å²) in [6.45, 7) is 2.11. The van der Waals surface area contributed by atoms with Crippen molar-refractivity contribution in [3.8, 4) is 11.5 Å². The monoisotopic (exact) mass is 409 g/mol. The highest BCUT2D eigenvalue weighted by Crippen LogP contribution is 2.30. The highest BCUT2D eigenvalue weighted by molar-refractivity contribution is 6.03. The number of hydrogen-bond donors (Lipinski definition) is 3. The fourth-order valence-corrected chi connectivity index (χ4v) is 2.22. The van der Waals surface area contributed by atoms with E-state index in [4.69, 9.17) is 4.74 Å². The highest BCUT2D eigenvalue weighted by Gasteiger charge is 2.30. The molecular weight excluding hydrogens is 391 g/mol. The van der Waals surface area contributed by atoms with Crippen molar-refractivity contribution in [2.75, 3.05) is 11.9 Å². The second kappa shape index (κ2) is 9.58. The number of ether oxygens (including phenoxy) is 1. The van der Waals surface area contributed by atoms with Crippen molar-refractivity contribution in [1.29, 1.82) is 0 Å². The Balaban J connectivity index is 1.88. The maximum absolute atomic E-state index is 12.7. The van der Waals surface area contributed by atoms with Gasteiger partial charge in [0, 0.05) is 5.69 Å². The van der Waals surface area contributed by atoms with Crippen LogP contribution in [-0.2, 0) is 15.8 Å². The van der Waals surface area contributed by atoms with E-state index in [2.05, 4.69) is 15.8 Å². The topological polar surface area (TPSA) is 100 Å². The number of phenolic OH excluding ortho intramolecular Hbond substituents is 1. The van der Waals surface area contributed by atoms with Crippen molar-refractivity contribution >= 4 is 23.7 Å². The van der Waals surface area contributed by atoms with Crippen LogP contribution in [0.25, 0.3) is 0 Å². The van der Waals surface area contributed by atoms with Crippen LogP contribution in [0.2, 0.25) is 0 Å². The largest absolute Gasteiger partial charge is 0.504 e. The number of carbonyl (C=O) groups is 2. The molecule has 0 unspecified atom stereocenters. The maximum Gasteiger partial charge on any atom is 0.416 e. The molecule has 0 heterocycles. The molecule has 154 valence electrons. The zero-order chi connectivity index (χ0) is 21.4. The van der Waals surface area contributed by atoms with Crippen LogP contribution in [0.1, 0.15) is 24.5 Å². The number of nitrogens with zero attached hydrogens (tertiary/aromatic N) is 1. The summed E-state index contributed by atoms with van der Waals surface area (Å²) >= 11 is 0. The lowest BCUT2D eigenvalue weighted by Gasteiger charge is -2.09. The molecule has 0 aromatic heterocycles. The maximum atomic E-state index is 12.7. The summed E-state index contributed by atoms with van der Waals surface area (Å²) in [6.07, 6.45) is -3.89. The number of nitrogens with one attached hydrogen (secondary N) is 2. The average Bonchev–Trinajstić information content (AvgIpc) is 2.64. The third-order valence-electron chi connectivity index (χ3n) is 3.48. The average molecular weight is 409 g/mol. The van der Waals surface area contributed by atoms with Gasteiger partial charge in [-0.15, -0.1) is 0 Å². The zero-order valence-corrected chi connectivity index (χ0v) is 15.3. The molecule has 0 atom stereocenters. The van der Waals surface area contributed by atoms with Crippen LogP contribution in [0.5, 0.6) is 11.5 Å². The van der Waals surface area contributed by atoms with Crippen molar-refractivity contribution in [3.05, 3.63) is 53.6 Å². The summed E-state index contributed by atoms with van der Waals surface area (Å²) in [5.41, 5.74) is 1.68. The number of hydrazone groups is 1. The molecule has 0 spiro atoms. The summed E-state index contributed by atoms with van der Waals surface area (Å²) in [5, 5.41) is 15.5. The third kappa shape index (κ3) is 6.83. The number of aromatic hydroxyl groups is 1. The first-order valence-corrected chi connectivity index (χ1v) is 8.44. The van der Waals surface area contributed by atoms with E-state index in [1.54, 1.807) is 6.92 Å². The second-order valence-corrected chi connectivity index (χ2v) is 5.76. The first kappa shape index (κ1) is 21.7. The van der Waals surface area contributed by atoms with Gasteiger partial charge in [0.1, 0.15) is 6.42 Å². The number of carbonyl (C=O) groups excluding carboxylic acids is 2. The van der Waals surface area contributed by atoms with Crippen LogP contribution in [0.4, 0.5) is 18.9 Å². The molecule has 2 amide bonds. The van der Waals surface area contributed by atoms with Crippen LogP contribution >= 0.6 is 0 Å². The van der Waals surface area contributed by atoms with Gasteiger partial charge >= 0.3 is 6.18 Å². The van der Waals surface area contributed by atoms with Crippen LogP contribution in [0.15, 0.2) is 47.6 Å². The Morgan fingerprint density at radius 2 is 1.93 bits per heavy atom. The van der Waals surface area contributed by atoms with Gasteiger partial charge in [-0.2, -0.15) is 18.3 Å². The molecule has 0 fully saturated rings. The SMILES string of the molecule is CCOc1cc(C=NNC(=O)CC(=O)Nc2cccc(C(F)(F)F)c2)ccc1O. The Morgan fingerprint density at radius 3 is 2.62 bits per heavy atom. The fourth-order valence-electron chi connectivity index (χ4n) is 2.22. The Hall–Kier alpha value is -3.56. The number of anilines is 1. The van der Waals surface area contributed by atoms with Crippen molar-refractivity contribution in [2.45, 2.75) is 19.5 Å². The van der Waals surface area contributed by atoms with Gasteiger partial charge in [-0.3, -0.25) is 9.59 Å². The van der Waals surface area contributed by atoms with Gasteiger partial charge in [-0.05, 0) is 48.9 Å². The summed E-state index contributed by atoms with van der Waals surface area (Å²) in [4.78, 5) is 23.6. The predicted molar refractivity (Wildman–Crippen MR) is 99.7 cm³/mol. The number of benzene rings is 2. The van der Waals surface area contributed by atoms with Crippen LogP contribution < -0.4 is 15.5 Å². The summed E-state index contributed by atoms with van der Waals surface area (Å²) in [6, 6.07) is 8.52. The van der Waals surface area contributed by atoms with Crippen LogP contribution in [-0.4, -0.2) is 29.7 Å².